The van der Waals surface area contributed by atoms with E-state index in [0.717, 1.165) is 11.4 Å². The van der Waals surface area contributed by atoms with E-state index >= 15 is 0 Å². The molecular formula is C20H24N2. The molecule has 2 heteroatoms. The lowest BCUT2D eigenvalue weighted by Crippen LogP contribution is -1.85. The molecule has 22 heavy (non-hydrogen) atoms. The van der Waals surface area contributed by atoms with Crippen LogP contribution < -0.4 is 0 Å². The third-order valence-electron chi connectivity index (χ3n) is 3.63. The molecule has 0 unspecified atom stereocenters. The largest absolute Gasteiger partial charge is 0.255 e. The van der Waals surface area contributed by atoms with Gasteiger partial charge in [0.05, 0.1) is 11.4 Å². The van der Waals surface area contributed by atoms with E-state index in [1.165, 1.54) is 11.1 Å². The molecule has 2 aromatic rings. The van der Waals surface area contributed by atoms with Crippen molar-refractivity contribution in [3.05, 3.63) is 59.7 Å². The molecule has 0 aliphatic carbocycles. The highest BCUT2D eigenvalue weighted by atomic mass is 14.8. The summed E-state index contributed by atoms with van der Waals surface area (Å²) < 4.78 is 0. The average molecular weight is 292 g/mol. The molecule has 0 amide bonds. The van der Waals surface area contributed by atoms with E-state index in [1.54, 1.807) is 12.4 Å². The molecule has 0 spiro atoms. The average Bonchev–Trinajstić information content (AvgIpc) is 2.52. The Morgan fingerprint density at radius 3 is 1.18 bits per heavy atom. The quantitative estimate of drug-likeness (QED) is 0.600. The van der Waals surface area contributed by atoms with Gasteiger partial charge in [0.15, 0.2) is 0 Å². The summed E-state index contributed by atoms with van der Waals surface area (Å²) in [4.78, 5) is 8.79. The first kappa shape index (κ1) is 16.2. The molecule has 0 aliphatic rings. The summed E-state index contributed by atoms with van der Waals surface area (Å²) in [5.41, 5.74) is 4.56. The van der Waals surface area contributed by atoms with Crippen LogP contribution in [0.2, 0.25) is 0 Å². The lowest BCUT2D eigenvalue weighted by molar-refractivity contribution is 0.867. The minimum atomic E-state index is 0.549. The van der Waals surface area contributed by atoms with Gasteiger partial charge in [-0.1, -0.05) is 52.0 Å². The monoisotopic (exact) mass is 292 g/mol. The number of benzene rings is 2. The summed E-state index contributed by atoms with van der Waals surface area (Å²) >= 11 is 0. The highest BCUT2D eigenvalue weighted by molar-refractivity contribution is 6.17. The Hall–Kier alpha value is -2.22. The first-order chi connectivity index (χ1) is 10.6. The Labute approximate surface area is 133 Å². The van der Waals surface area contributed by atoms with Gasteiger partial charge in [0.2, 0.25) is 0 Å². The number of aliphatic imine (C=N–C) groups is 2. The molecule has 0 heterocycles. The van der Waals surface area contributed by atoms with Gasteiger partial charge in [0.25, 0.3) is 0 Å². The number of hydrogen-bond acceptors (Lipinski definition) is 2. The van der Waals surface area contributed by atoms with Crippen molar-refractivity contribution in [2.75, 3.05) is 0 Å². The van der Waals surface area contributed by atoms with Crippen molar-refractivity contribution in [1.29, 1.82) is 0 Å². The summed E-state index contributed by atoms with van der Waals surface area (Å²) in [5.74, 6) is 1.10. The first-order valence-corrected chi connectivity index (χ1v) is 7.83. The fourth-order valence-corrected chi connectivity index (χ4v) is 2.13. The number of hydrogen-bond donors (Lipinski definition) is 0. The minimum Gasteiger partial charge on any atom is -0.255 e. The number of rotatable bonds is 5. The molecule has 114 valence electrons. The number of nitrogens with zero attached hydrogens (tertiary/aromatic N) is 2. The zero-order valence-electron chi connectivity index (χ0n) is 13.8. The van der Waals surface area contributed by atoms with E-state index in [4.69, 9.17) is 0 Å². The molecule has 2 aromatic carbocycles. The van der Waals surface area contributed by atoms with Crippen LogP contribution in [0, 0.1) is 0 Å². The Morgan fingerprint density at radius 1 is 0.591 bits per heavy atom. The van der Waals surface area contributed by atoms with Crippen molar-refractivity contribution in [3.63, 3.8) is 0 Å². The van der Waals surface area contributed by atoms with E-state index in [-0.39, 0.29) is 0 Å². The molecule has 0 atom stereocenters. The van der Waals surface area contributed by atoms with Gasteiger partial charge in [-0.05, 0) is 47.2 Å². The normalized spacial score (nSPS) is 12.1. The standard InChI is InChI=1S/C20H24N2/c1-15(2)17-5-9-19(10-6-17)21-13-14-22-20-11-7-18(8-12-20)16(3)4/h5-16H,1-4H3. The minimum absolute atomic E-state index is 0.549. The van der Waals surface area contributed by atoms with Gasteiger partial charge in [-0.2, -0.15) is 0 Å². The van der Waals surface area contributed by atoms with Crippen LogP contribution >= 0.6 is 0 Å². The SMILES string of the molecule is CC(C)c1ccc(N=CC=Nc2ccc(C(C)C)cc2)cc1. The second-order valence-corrected chi connectivity index (χ2v) is 6.05. The van der Waals surface area contributed by atoms with Gasteiger partial charge < -0.3 is 0 Å². The topological polar surface area (TPSA) is 24.7 Å². The van der Waals surface area contributed by atoms with E-state index in [1.807, 2.05) is 24.3 Å². The summed E-state index contributed by atoms with van der Waals surface area (Å²) in [5, 5.41) is 0. The van der Waals surface area contributed by atoms with E-state index in [2.05, 4.69) is 61.9 Å². The fourth-order valence-electron chi connectivity index (χ4n) is 2.13. The Kier molecular flexibility index (Phi) is 5.65. The highest BCUT2D eigenvalue weighted by Crippen LogP contribution is 2.19. The molecule has 0 radical (unpaired) electrons. The van der Waals surface area contributed by atoms with Crippen molar-refractivity contribution in [3.8, 4) is 0 Å². The third-order valence-corrected chi connectivity index (χ3v) is 3.63. The van der Waals surface area contributed by atoms with Gasteiger partial charge in [-0.15, -0.1) is 0 Å². The van der Waals surface area contributed by atoms with Crippen molar-refractivity contribution in [2.45, 2.75) is 39.5 Å². The molecular weight excluding hydrogens is 268 g/mol. The Morgan fingerprint density at radius 2 is 0.909 bits per heavy atom. The molecule has 0 saturated carbocycles. The van der Waals surface area contributed by atoms with E-state index in [0.29, 0.717) is 11.8 Å². The molecule has 0 bridgehead atoms. The highest BCUT2D eigenvalue weighted by Gasteiger charge is 1.98. The van der Waals surface area contributed by atoms with Gasteiger partial charge >= 0.3 is 0 Å². The van der Waals surface area contributed by atoms with Crippen LogP contribution in [0.1, 0.15) is 50.7 Å². The second kappa shape index (κ2) is 7.69. The van der Waals surface area contributed by atoms with Crippen LogP contribution in [0.4, 0.5) is 11.4 Å². The maximum atomic E-state index is 4.39. The van der Waals surface area contributed by atoms with Crippen molar-refractivity contribution in [2.24, 2.45) is 9.98 Å². The molecule has 2 rings (SSSR count). The van der Waals surface area contributed by atoms with Gasteiger partial charge in [0.1, 0.15) is 0 Å². The van der Waals surface area contributed by atoms with Crippen LogP contribution in [0.15, 0.2) is 58.5 Å². The Bertz CT molecular complexity index is 573. The third kappa shape index (κ3) is 4.66. The fraction of sp³-hybridized carbons (Fsp3) is 0.300. The summed E-state index contributed by atoms with van der Waals surface area (Å²) in [7, 11) is 0. The van der Waals surface area contributed by atoms with Crippen molar-refractivity contribution in [1.82, 2.24) is 0 Å². The van der Waals surface area contributed by atoms with Crippen LogP contribution in [0.3, 0.4) is 0 Å². The molecule has 0 aliphatic heterocycles. The summed E-state index contributed by atoms with van der Waals surface area (Å²) in [6.07, 6.45) is 3.47. The smallest absolute Gasteiger partial charge is 0.0630 e. The van der Waals surface area contributed by atoms with Crippen LogP contribution in [0.25, 0.3) is 0 Å². The maximum Gasteiger partial charge on any atom is 0.0630 e. The van der Waals surface area contributed by atoms with Crippen LogP contribution in [-0.4, -0.2) is 12.4 Å². The maximum absolute atomic E-state index is 4.39. The predicted molar refractivity (Wildman–Crippen MR) is 97.4 cm³/mol. The molecule has 0 fully saturated rings. The Balaban J connectivity index is 1.96. The van der Waals surface area contributed by atoms with Crippen molar-refractivity contribution < 1.29 is 0 Å². The van der Waals surface area contributed by atoms with E-state index < -0.39 is 0 Å². The lowest BCUT2D eigenvalue weighted by Gasteiger charge is -2.04. The lowest BCUT2D eigenvalue weighted by atomic mass is 10.0. The molecule has 0 aromatic heterocycles. The van der Waals surface area contributed by atoms with Gasteiger partial charge in [-0.25, -0.2) is 0 Å². The molecule has 2 nitrogen and oxygen atoms in total. The second-order valence-electron chi connectivity index (χ2n) is 6.05. The molecule has 0 saturated heterocycles. The molecule has 0 N–H and O–H groups in total. The summed E-state index contributed by atoms with van der Waals surface area (Å²) in [6, 6.07) is 16.7. The van der Waals surface area contributed by atoms with Gasteiger partial charge in [-0.3, -0.25) is 9.98 Å². The predicted octanol–water partition coefficient (Wildman–Crippen LogP) is 6.04. The van der Waals surface area contributed by atoms with Crippen LogP contribution in [-0.2, 0) is 0 Å². The van der Waals surface area contributed by atoms with Crippen LogP contribution in [0.5, 0.6) is 0 Å². The first-order valence-electron chi connectivity index (χ1n) is 7.83. The van der Waals surface area contributed by atoms with E-state index in [9.17, 15) is 0 Å². The zero-order chi connectivity index (χ0) is 15.9. The summed E-state index contributed by atoms with van der Waals surface area (Å²) in [6.45, 7) is 8.76. The zero-order valence-corrected chi connectivity index (χ0v) is 13.8. The van der Waals surface area contributed by atoms with Gasteiger partial charge in [0, 0.05) is 12.4 Å². The van der Waals surface area contributed by atoms with Crippen molar-refractivity contribution >= 4 is 23.8 Å².